The van der Waals surface area contributed by atoms with Gasteiger partial charge in [-0.3, -0.25) is 29.0 Å². The normalized spacial score (nSPS) is 15.1. The van der Waals surface area contributed by atoms with Gasteiger partial charge in [0, 0.05) is 54.5 Å². The summed E-state index contributed by atoms with van der Waals surface area (Å²) in [4.78, 5) is 63.7. The van der Waals surface area contributed by atoms with Crippen molar-refractivity contribution in [3.05, 3.63) is 85.6 Å². The van der Waals surface area contributed by atoms with Crippen molar-refractivity contribution in [2.45, 2.75) is 61.3 Å². The summed E-state index contributed by atoms with van der Waals surface area (Å²) < 4.78 is 0. The van der Waals surface area contributed by atoms with Crippen molar-refractivity contribution in [1.82, 2.24) is 9.80 Å². The Bertz CT molecular complexity index is 2040. The molecule has 0 N–H and O–H groups in total. The fourth-order valence-electron chi connectivity index (χ4n) is 6.48. The summed E-state index contributed by atoms with van der Waals surface area (Å²) in [6, 6.07) is 12.0. The molecule has 2 aromatic carbocycles. The zero-order chi connectivity index (χ0) is 34.6. The van der Waals surface area contributed by atoms with E-state index in [0.29, 0.717) is 50.1 Å². The van der Waals surface area contributed by atoms with Crippen LogP contribution in [0.25, 0.3) is 38.8 Å². The Kier molecular flexibility index (Phi) is 9.18. The van der Waals surface area contributed by atoms with Crippen LogP contribution in [0.3, 0.4) is 0 Å². The molecular formula is C40H42N2O4S2. The van der Waals surface area contributed by atoms with Crippen LogP contribution in [0.15, 0.2) is 42.5 Å². The molecule has 0 saturated carbocycles. The second kappa shape index (κ2) is 13.1. The molecule has 2 aromatic heterocycles. The highest BCUT2D eigenvalue weighted by Gasteiger charge is 2.42. The highest BCUT2D eigenvalue weighted by Crippen LogP contribution is 2.44. The third-order valence-electron chi connectivity index (χ3n) is 8.62. The Balaban J connectivity index is 1.53. The molecule has 0 bridgehead atoms. The number of thiophene rings is 2. The highest BCUT2D eigenvalue weighted by atomic mass is 32.1. The van der Waals surface area contributed by atoms with E-state index in [1.807, 2.05) is 53.7 Å². The van der Waals surface area contributed by atoms with Gasteiger partial charge in [-0.1, -0.05) is 67.5 Å². The molecule has 0 radical (unpaired) electrons. The van der Waals surface area contributed by atoms with Gasteiger partial charge in [0.25, 0.3) is 23.6 Å². The monoisotopic (exact) mass is 678 g/mol. The standard InChI is InChI=1S/C40H42N2O4S2/c1-21(2)9-11-26-13-15-31(47-26)32-16-14-27(48-32)12-10-25-17-29-35-34-30(38(44)41(19-22(3)4)39(45)33(25)34)18-28(24(7)8)36(35)40(46)42(37(29)43)20-23(5)6/h9-18,21-24H,19-20H2,1-8H3/b11-9+,12-10+. The Morgan fingerprint density at radius 2 is 1.10 bits per heavy atom. The van der Waals surface area contributed by atoms with Gasteiger partial charge in [0.15, 0.2) is 0 Å². The summed E-state index contributed by atoms with van der Waals surface area (Å²) in [6.45, 7) is 16.7. The van der Waals surface area contributed by atoms with Crippen molar-refractivity contribution >= 4 is 75.3 Å². The van der Waals surface area contributed by atoms with E-state index in [2.05, 4.69) is 50.3 Å². The van der Waals surface area contributed by atoms with Crippen LogP contribution in [0.5, 0.6) is 0 Å². The summed E-state index contributed by atoms with van der Waals surface area (Å²) in [7, 11) is 0. The molecule has 4 aromatic rings. The summed E-state index contributed by atoms with van der Waals surface area (Å²) >= 11 is 3.40. The second-order valence-electron chi connectivity index (χ2n) is 14.3. The number of carbonyl (C=O) groups excluding carboxylic acids is 4. The van der Waals surface area contributed by atoms with Crippen molar-refractivity contribution in [3.63, 3.8) is 0 Å². The first-order chi connectivity index (χ1) is 22.8. The summed E-state index contributed by atoms with van der Waals surface area (Å²) in [5.41, 5.74) is 2.81. The summed E-state index contributed by atoms with van der Waals surface area (Å²) in [5, 5.41) is 0.850. The van der Waals surface area contributed by atoms with Crippen molar-refractivity contribution in [2.24, 2.45) is 17.8 Å². The first kappa shape index (κ1) is 33.7. The summed E-state index contributed by atoms with van der Waals surface area (Å²) in [5.74, 6) is -1.000. The number of nitrogens with zero attached hydrogens (tertiary/aromatic N) is 2. The molecule has 4 heterocycles. The van der Waals surface area contributed by atoms with Crippen LogP contribution in [0.4, 0.5) is 0 Å². The lowest BCUT2D eigenvalue weighted by molar-refractivity contribution is 0.0570. The molecule has 2 aliphatic rings. The topological polar surface area (TPSA) is 74.8 Å². The van der Waals surface area contributed by atoms with Gasteiger partial charge in [0.05, 0.1) is 11.1 Å². The van der Waals surface area contributed by atoms with Crippen LogP contribution in [-0.2, 0) is 0 Å². The first-order valence-corrected chi connectivity index (χ1v) is 18.4. The molecule has 0 atom stereocenters. The van der Waals surface area contributed by atoms with Gasteiger partial charge in [0.2, 0.25) is 0 Å². The van der Waals surface area contributed by atoms with E-state index in [0.717, 1.165) is 9.75 Å². The molecule has 2 aliphatic heterocycles. The minimum absolute atomic E-state index is 0.0619. The molecule has 0 aliphatic carbocycles. The van der Waals surface area contributed by atoms with Crippen LogP contribution >= 0.6 is 22.7 Å². The van der Waals surface area contributed by atoms with Gasteiger partial charge >= 0.3 is 0 Å². The molecular weight excluding hydrogens is 637 g/mol. The number of hydrogen-bond acceptors (Lipinski definition) is 6. The Labute approximate surface area is 290 Å². The van der Waals surface area contributed by atoms with Gasteiger partial charge < -0.3 is 0 Å². The molecule has 6 nitrogen and oxygen atoms in total. The maximum atomic E-state index is 14.3. The number of allylic oxidation sites excluding steroid dienone is 1. The lowest BCUT2D eigenvalue weighted by Gasteiger charge is -2.35. The number of rotatable bonds is 10. The van der Waals surface area contributed by atoms with Crippen molar-refractivity contribution < 1.29 is 19.2 Å². The Hall–Kier alpha value is -4.14. The predicted octanol–water partition coefficient (Wildman–Crippen LogP) is 10.1. The minimum Gasteiger partial charge on any atom is -0.274 e. The van der Waals surface area contributed by atoms with E-state index in [4.69, 9.17) is 0 Å². The molecule has 248 valence electrons. The van der Waals surface area contributed by atoms with E-state index in [1.54, 1.807) is 34.8 Å². The number of benzene rings is 2. The molecule has 0 unspecified atom stereocenters. The average molecular weight is 679 g/mol. The zero-order valence-corrected chi connectivity index (χ0v) is 30.5. The molecule has 0 spiro atoms. The number of imide groups is 2. The van der Waals surface area contributed by atoms with Crippen LogP contribution < -0.4 is 0 Å². The van der Waals surface area contributed by atoms with E-state index in [-0.39, 0.29) is 42.7 Å². The predicted molar refractivity (Wildman–Crippen MR) is 199 cm³/mol. The van der Waals surface area contributed by atoms with E-state index in [1.165, 1.54) is 19.6 Å². The van der Waals surface area contributed by atoms with Gasteiger partial charge in [-0.15, -0.1) is 22.7 Å². The maximum Gasteiger partial charge on any atom is 0.262 e. The van der Waals surface area contributed by atoms with Gasteiger partial charge in [0.1, 0.15) is 0 Å². The molecule has 48 heavy (non-hydrogen) atoms. The SMILES string of the molecule is CC(C)/C=C/c1ccc(-c2ccc(/C=C/c3cc4c5c(c(C(C)C)cc6c5c3C(=O)N(CC(C)C)C6=O)C(=O)N(CC(C)C)C4=O)s2)s1. The van der Waals surface area contributed by atoms with Crippen LogP contribution in [0.1, 0.15) is 124 Å². The second-order valence-corrected chi connectivity index (χ2v) is 16.5. The average Bonchev–Trinajstić information content (AvgIpc) is 3.70. The highest BCUT2D eigenvalue weighted by molar-refractivity contribution is 7.23. The molecule has 8 heteroatoms. The van der Waals surface area contributed by atoms with E-state index >= 15 is 0 Å². The Morgan fingerprint density at radius 3 is 1.62 bits per heavy atom. The lowest BCUT2D eigenvalue weighted by Crippen LogP contribution is -2.46. The fraction of sp³-hybridized carbons (Fsp3) is 0.350. The molecule has 4 amide bonds. The van der Waals surface area contributed by atoms with Gasteiger partial charge in [-0.05, 0) is 83.3 Å². The smallest absolute Gasteiger partial charge is 0.262 e. The maximum absolute atomic E-state index is 14.3. The van der Waals surface area contributed by atoms with E-state index < -0.39 is 11.8 Å². The van der Waals surface area contributed by atoms with Crippen molar-refractivity contribution in [3.8, 4) is 9.75 Å². The number of carbonyl (C=O) groups is 4. The summed E-state index contributed by atoms with van der Waals surface area (Å²) in [6.07, 6.45) is 8.20. The van der Waals surface area contributed by atoms with Crippen LogP contribution in [0, 0.1) is 17.8 Å². The Morgan fingerprint density at radius 1 is 0.604 bits per heavy atom. The first-order valence-electron chi connectivity index (χ1n) is 16.7. The largest absolute Gasteiger partial charge is 0.274 e. The fourth-order valence-corrected chi connectivity index (χ4v) is 8.40. The van der Waals surface area contributed by atoms with Crippen LogP contribution in [0.2, 0.25) is 0 Å². The van der Waals surface area contributed by atoms with Gasteiger partial charge in [-0.25, -0.2) is 0 Å². The molecule has 0 saturated heterocycles. The molecule has 0 fully saturated rings. The lowest BCUT2D eigenvalue weighted by atomic mass is 9.79. The quantitative estimate of drug-likeness (QED) is 0.157. The van der Waals surface area contributed by atoms with Crippen molar-refractivity contribution in [1.29, 1.82) is 0 Å². The minimum atomic E-state index is -0.396. The van der Waals surface area contributed by atoms with E-state index in [9.17, 15) is 19.2 Å². The molecule has 6 rings (SSSR count). The number of hydrogen-bond donors (Lipinski definition) is 0. The zero-order valence-electron chi connectivity index (χ0n) is 28.8. The van der Waals surface area contributed by atoms with Gasteiger partial charge in [-0.2, -0.15) is 0 Å². The third-order valence-corrected chi connectivity index (χ3v) is 10.9. The van der Waals surface area contributed by atoms with Crippen molar-refractivity contribution in [2.75, 3.05) is 13.1 Å². The third kappa shape index (κ3) is 6.01. The number of amides is 4. The van der Waals surface area contributed by atoms with Crippen LogP contribution in [-0.4, -0.2) is 46.5 Å².